The molecule has 0 aromatic carbocycles. The van der Waals surface area contributed by atoms with Crippen molar-refractivity contribution in [2.75, 3.05) is 26.2 Å². The van der Waals surface area contributed by atoms with Gasteiger partial charge in [-0.2, -0.15) is 17.0 Å². The molecule has 7 heteroatoms. The Morgan fingerprint density at radius 3 is 1.96 bits per heavy atom. The number of amides is 1. The molecule has 1 amide bonds. The maximum absolute atomic E-state index is 12.5. The van der Waals surface area contributed by atoms with Crippen LogP contribution in [0.2, 0.25) is 0 Å². The third kappa shape index (κ3) is 4.06. The molecule has 0 bridgehead atoms. The number of rotatable bonds is 4. The molecule has 3 aliphatic rings. The molecule has 0 atom stereocenters. The number of piperidine rings is 1. The Morgan fingerprint density at radius 2 is 1.35 bits per heavy atom. The van der Waals surface area contributed by atoms with Crippen LogP contribution in [-0.2, 0) is 15.0 Å². The van der Waals surface area contributed by atoms with Crippen LogP contribution in [0.25, 0.3) is 0 Å². The zero-order valence-corrected chi connectivity index (χ0v) is 14.7. The Kier molecular flexibility index (Phi) is 5.59. The van der Waals surface area contributed by atoms with Gasteiger partial charge in [0.1, 0.15) is 0 Å². The van der Waals surface area contributed by atoms with Crippen molar-refractivity contribution in [1.82, 2.24) is 13.9 Å². The molecule has 1 N–H and O–H groups in total. The first kappa shape index (κ1) is 17.2. The fourth-order valence-electron chi connectivity index (χ4n) is 4.00. The maximum Gasteiger partial charge on any atom is 0.281 e. The largest absolute Gasteiger partial charge is 0.353 e. The van der Waals surface area contributed by atoms with Gasteiger partial charge >= 0.3 is 0 Å². The highest BCUT2D eigenvalue weighted by Crippen LogP contribution is 2.25. The van der Waals surface area contributed by atoms with Crippen molar-refractivity contribution in [3.05, 3.63) is 0 Å². The molecule has 6 nitrogen and oxygen atoms in total. The minimum absolute atomic E-state index is 0.0260. The molecule has 0 aromatic heterocycles. The van der Waals surface area contributed by atoms with E-state index in [1.54, 1.807) is 8.61 Å². The van der Waals surface area contributed by atoms with E-state index >= 15 is 0 Å². The summed E-state index contributed by atoms with van der Waals surface area (Å²) in [7, 11) is -3.30. The van der Waals surface area contributed by atoms with Gasteiger partial charge in [-0.15, -0.1) is 0 Å². The summed E-state index contributed by atoms with van der Waals surface area (Å²) < 4.78 is 28.2. The predicted molar refractivity (Wildman–Crippen MR) is 89.0 cm³/mol. The molecule has 2 aliphatic heterocycles. The van der Waals surface area contributed by atoms with Gasteiger partial charge in [0, 0.05) is 38.1 Å². The van der Waals surface area contributed by atoms with Crippen LogP contribution in [0.3, 0.4) is 0 Å². The van der Waals surface area contributed by atoms with Gasteiger partial charge in [-0.3, -0.25) is 4.79 Å². The summed E-state index contributed by atoms with van der Waals surface area (Å²) in [6.45, 7) is 2.23. The fourth-order valence-corrected chi connectivity index (χ4v) is 5.72. The van der Waals surface area contributed by atoms with Crippen molar-refractivity contribution in [2.24, 2.45) is 5.92 Å². The molecule has 3 rings (SSSR count). The standard InChI is InChI=1S/C16H29N3O3S/c20-16(17-15-6-2-1-3-7-15)14-8-12-19(13-9-14)23(21,22)18-10-4-5-11-18/h14-15H,1-13H2,(H,17,20). The predicted octanol–water partition coefficient (Wildman–Crippen LogP) is 1.49. The van der Waals surface area contributed by atoms with E-state index in [-0.39, 0.29) is 11.8 Å². The number of hydrogen-bond acceptors (Lipinski definition) is 3. The van der Waals surface area contributed by atoms with E-state index in [0.29, 0.717) is 45.1 Å². The Morgan fingerprint density at radius 1 is 0.783 bits per heavy atom. The van der Waals surface area contributed by atoms with Gasteiger partial charge in [-0.1, -0.05) is 19.3 Å². The molecule has 0 radical (unpaired) electrons. The third-order valence-corrected chi connectivity index (χ3v) is 7.53. The molecule has 23 heavy (non-hydrogen) atoms. The second-order valence-corrected chi connectivity index (χ2v) is 9.06. The highest BCUT2D eigenvalue weighted by molar-refractivity contribution is 7.86. The zero-order valence-electron chi connectivity index (χ0n) is 13.9. The summed E-state index contributed by atoms with van der Waals surface area (Å²) >= 11 is 0. The van der Waals surface area contributed by atoms with Crippen molar-refractivity contribution in [1.29, 1.82) is 0 Å². The van der Waals surface area contributed by atoms with Crippen LogP contribution in [0.5, 0.6) is 0 Å². The average molecular weight is 343 g/mol. The SMILES string of the molecule is O=C(NC1CCCCC1)C1CCN(S(=O)(=O)N2CCCC2)CC1. The van der Waals surface area contributed by atoms with Gasteiger partial charge < -0.3 is 5.32 Å². The summed E-state index contributed by atoms with van der Waals surface area (Å²) in [5, 5.41) is 3.18. The molecular formula is C16H29N3O3S. The van der Waals surface area contributed by atoms with E-state index < -0.39 is 10.2 Å². The molecule has 132 valence electrons. The van der Waals surface area contributed by atoms with Gasteiger partial charge in [0.2, 0.25) is 5.91 Å². The molecule has 1 saturated carbocycles. The quantitative estimate of drug-likeness (QED) is 0.841. The Balaban J connectivity index is 1.48. The van der Waals surface area contributed by atoms with Crippen LogP contribution < -0.4 is 5.32 Å². The molecule has 0 spiro atoms. The van der Waals surface area contributed by atoms with Crippen LogP contribution >= 0.6 is 0 Å². The Hall–Kier alpha value is -0.660. The normalized spacial score (nSPS) is 26.4. The van der Waals surface area contributed by atoms with Gasteiger partial charge in [0.15, 0.2) is 0 Å². The second kappa shape index (κ2) is 7.49. The molecule has 1 aliphatic carbocycles. The highest BCUT2D eigenvalue weighted by atomic mass is 32.2. The minimum atomic E-state index is -3.30. The lowest BCUT2D eigenvalue weighted by Crippen LogP contribution is -2.49. The second-order valence-electron chi connectivity index (χ2n) is 7.13. The monoisotopic (exact) mass is 343 g/mol. The van der Waals surface area contributed by atoms with Crippen molar-refractivity contribution in [2.45, 2.75) is 63.8 Å². The lowest BCUT2D eigenvalue weighted by atomic mass is 9.93. The zero-order chi connectivity index (χ0) is 16.3. The average Bonchev–Trinajstić information content (AvgIpc) is 3.11. The van der Waals surface area contributed by atoms with Crippen molar-refractivity contribution in [3.63, 3.8) is 0 Å². The highest BCUT2D eigenvalue weighted by Gasteiger charge is 2.36. The molecule has 3 fully saturated rings. The lowest BCUT2D eigenvalue weighted by Gasteiger charge is -2.34. The van der Waals surface area contributed by atoms with Crippen LogP contribution in [0.1, 0.15) is 57.8 Å². The van der Waals surface area contributed by atoms with E-state index in [9.17, 15) is 13.2 Å². The number of hydrogen-bond donors (Lipinski definition) is 1. The van der Waals surface area contributed by atoms with Crippen molar-refractivity contribution < 1.29 is 13.2 Å². The number of carbonyl (C=O) groups is 1. The molecular weight excluding hydrogens is 314 g/mol. The Bertz CT molecular complexity index is 503. The number of nitrogens with zero attached hydrogens (tertiary/aromatic N) is 2. The smallest absolute Gasteiger partial charge is 0.281 e. The summed E-state index contributed by atoms with van der Waals surface area (Å²) in [5.41, 5.74) is 0. The lowest BCUT2D eigenvalue weighted by molar-refractivity contribution is -0.127. The van der Waals surface area contributed by atoms with E-state index in [1.165, 1.54) is 19.3 Å². The van der Waals surface area contributed by atoms with E-state index in [0.717, 1.165) is 25.7 Å². The third-order valence-electron chi connectivity index (χ3n) is 5.49. The number of nitrogens with one attached hydrogen (secondary N) is 1. The topological polar surface area (TPSA) is 69.7 Å². The summed E-state index contributed by atoms with van der Waals surface area (Å²) in [5.74, 6) is 0.108. The van der Waals surface area contributed by atoms with Gasteiger partial charge in [0.05, 0.1) is 0 Å². The fraction of sp³-hybridized carbons (Fsp3) is 0.938. The number of carbonyl (C=O) groups excluding carboxylic acids is 1. The molecule has 2 heterocycles. The maximum atomic E-state index is 12.5. The molecule has 0 unspecified atom stereocenters. The van der Waals surface area contributed by atoms with E-state index in [4.69, 9.17) is 0 Å². The Labute approximate surface area is 139 Å². The first-order valence-electron chi connectivity index (χ1n) is 9.13. The summed E-state index contributed by atoms with van der Waals surface area (Å²) in [4.78, 5) is 12.4. The van der Waals surface area contributed by atoms with Crippen LogP contribution in [0.15, 0.2) is 0 Å². The minimum Gasteiger partial charge on any atom is -0.353 e. The van der Waals surface area contributed by atoms with Crippen LogP contribution in [0, 0.1) is 5.92 Å². The summed E-state index contributed by atoms with van der Waals surface area (Å²) in [6, 6.07) is 0.336. The summed E-state index contributed by atoms with van der Waals surface area (Å²) in [6.07, 6.45) is 9.08. The molecule has 2 saturated heterocycles. The van der Waals surface area contributed by atoms with E-state index in [1.807, 2.05) is 0 Å². The van der Waals surface area contributed by atoms with Crippen LogP contribution in [-0.4, -0.2) is 55.2 Å². The van der Waals surface area contributed by atoms with Gasteiger partial charge in [-0.05, 0) is 38.5 Å². The first-order valence-corrected chi connectivity index (χ1v) is 10.5. The molecule has 0 aromatic rings. The van der Waals surface area contributed by atoms with Crippen LogP contribution in [0.4, 0.5) is 0 Å². The van der Waals surface area contributed by atoms with Crippen molar-refractivity contribution >= 4 is 16.1 Å². The van der Waals surface area contributed by atoms with E-state index in [2.05, 4.69) is 5.32 Å². The van der Waals surface area contributed by atoms with Gasteiger partial charge in [0.25, 0.3) is 10.2 Å². The van der Waals surface area contributed by atoms with Crippen molar-refractivity contribution in [3.8, 4) is 0 Å². The van der Waals surface area contributed by atoms with Gasteiger partial charge in [-0.25, -0.2) is 0 Å². The first-order chi connectivity index (χ1) is 11.1.